The predicted octanol–water partition coefficient (Wildman–Crippen LogP) is 4.03. The van der Waals surface area contributed by atoms with Crippen LogP contribution in [0, 0.1) is 5.41 Å². The van der Waals surface area contributed by atoms with Gasteiger partial charge < -0.3 is 15.4 Å². The molecule has 0 atom stereocenters. The lowest BCUT2D eigenvalue weighted by Gasteiger charge is -2.22. The molecule has 2 aliphatic rings. The Hall–Kier alpha value is -2.04. The van der Waals surface area contributed by atoms with E-state index in [-0.39, 0.29) is 24.0 Å². The second kappa shape index (κ2) is 8.11. The van der Waals surface area contributed by atoms with Crippen LogP contribution < -0.4 is 15.4 Å². The maximum atomic E-state index is 12.9. The van der Waals surface area contributed by atoms with Gasteiger partial charge in [0.1, 0.15) is 11.2 Å². The van der Waals surface area contributed by atoms with Crippen LogP contribution in [0.2, 0.25) is 0 Å². The first-order chi connectivity index (χ1) is 12.5. The van der Waals surface area contributed by atoms with Gasteiger partial charge in [0.2, 0.25) is 11.8 Å². The average molecular weight is 358 g/mol. The van der Waals surface area contributed by atoms with Crippen LogP contribution in [-0.2, 0) is 9.59 Å². The van der Waals surface area contributed by atoms with Crippen molar-refractivity contribution >= 4 is 17.5 Å². The molecule has 2 saturated carbocycles. The second-order valence-corrected chi connectivity index (χ2v) is 7.86. The molecule has 0 aliphatic heterocycles. The van der Waals surface area contributed by atoms with Gasteiger partial charge in [-0.3, -0.25) is 9.59 Å². The maximum Gasteiger partial charge on any atom is 0.240 e. The number of anilines is 1. The molecule has 0 spiro atoms. The van der Waals surface area contributed by atoms with E-state index < -0.39 is 5.41 Å². The number of hydrogen-bond acceptors (Lipinski definition) is 3. The fourth-order valence-corrected chi connectivity index (χ4v) is 3.60. The van der Waals surface area contributed by atoms with Gasteiger partial charge in [0, 0.05) is 6.04 Å². The van der Waals surface area contributed by atoms with Crippen molar-refractivity contribution in [3.8, 4) is 5.75 Å². The fraction of sp³-hybridized carbons (Fsp3) is 0.619. The second-order valence-electron chi connectivity index (χ2n) is 7.86. The zero-order valence-electron chi connectivity index (χ0n) is 15.8. The molecular formula is C21H30N2O3. The third kappa shape index (κ3) is 4.37. The Morgan fingerprint density at radius 2 is 1.69 bits per heavy atom. The molecule has 2 amide bonds. The molecule has 1 aromatic carbocycles. The Balaban J connectivity index is 1.64. The van der Waals surface area contributed by atoms with E-state index in [0.29, 0.717) is 24.3 Å². The van der Waals surface area contributed by atoms with Gasteiger partial charge in [-0.25, -0.2) is 0 Å². The van der Waals surface area contributed by atoms with Crippen LogP contribution in [-0.4, -0.2) is 24.0 Å². The molecule has 3 rings (SSSR count). The van der Waals surface area contributed by atoms with Crippen molar-refractivity contribution in [3.63, 3.8) is 0 Å². The minimum absolute atomic E-state index is 0.0153. The molecule has 0 bridgehead atoms. The Morgan fingerprint density at radius 3 is 2.31 bits per heavy atom. The molecule has 5 nitrogen and oxygen atoms in total. The SMILES string of the molecule is CC(C)Oc1ccccc1NC(=O)C1(C(=O)NC2CCCCCC2)CC1. The molecule has 1 aromatic rings. The minimum atomic E-state index is -0.906. The van der Waals surface area contributed by atoms with Gasteiger partial charge in [-0.15, -0.1) is 0 Å². The van der Waals surface area contributed by atoms with Gasteiger partial charge in [-0.2, -0.15) is 0 Å². The summed E-state index contributed by atoms with van der Waals surface area (Å²) in [5, 5.41) is 6.07. The molecule has 0 unspecified atom stereocenters. The summed E-state index contributed by atoms with van der Waals surface area (Å²) in [4.78, 5) is 25.7. The molecular weight excluding hydrogens is 328 g/mol. The predicted molar refractivity (Wildman–Crippen MR) is 102 cm³/mol. The van der Waals surface area contributed by atoms with Crippen LogP contribution in [0.15, 0.2) is 24.3 Å². The molecule has 0 aromatic heterocycles. The average Bonchev–Trinajstić information content (AvgIpc) is 3.41. The zero-order chi connectivity index (χ0) is 18.6. The number of amides is 2. The molecule has 2 N–H and O–H groups in total. The van der Waals surface area contributed by atoms with E-state index in [1.54, 1.807) is 0 Å². The highest BCUT2D eigenvalue weighted by molar-refractivity contribution is 6.13. The van der Waals surface area contributed by atoms with Gasteiger partial charge >= 0.3 is 0 Å². The van der Waals surface area contributed by atoms with E-state index in [9.17, 15) is 9.59 Å². The lowest BCUT2D eigenvalue weighted by Crippen LogP contribution is -2.44. The number of nitrogens with one attached hydrogen (secondary N) is 2. The van der Waals surface area contributed by atoms with E-state index >= 15 is 0 Å². The van der Waals surface area contributed by atoms with E-state index in [1.807, 2.05) is 38.1 Å². The Morgan fingerprint density at radius 1 is 1.04 bits per heavy atom. The number of benzene rings is 1. The minimum Gasteiger partial charge on any atom is -0.489 e. The van der Waals surface area contributed by atoms with E-state index in [4.69, 9.17) is 4.74 Å². The van der Waals surface area contributed by atoms with Crippen molar-refractivity contribution in [2.45, 2.75) is 77.4 Å². The van der Waals surface area contributed by atoms with Gasteiger partial charge in [0.15, 0.2) is 0 Å². The van der Waals surface area contributed by atoms with Crippen molar-refractivity contribution in [1.29, 1.82) is 0 Å². The number of rotatable bonds is 6. The van der Waals surface area contributed by atoms with Gasteiger partial charge in [-0.05, 0) is 51.7 Å². The molecule has 0 saturated heterocycles. The van der Waals surface area contributed by atoms with Gasteiger partial charge in [0.25, 0.3) is 0 Å². The van der Waals surface area contributed by atoms with Crippen LogP contribution in [0.5, 0.6) is 5.75 Å². The largest absolute Gasteiger partial charge is 0.489 e. The third-order valence-corrected chi connectivity index (χ3v) is 5.31. The van der Waals surface area contributed by atoms with Crippen LogP contribution in [0.3, 0.4) is 0 Å². The highest BCUT2D eigenvalue weighted by Crippen LogP contribution is 2.47. The van der Waals surface area contributed by atoms with Crippen LogP contribution in [0.4, 0.5) is 5.69 Å². The van der Waals surface area contributed by atoms with E-state index in [2.05, 4.69) is 10.6 Å². The first kappa shape index (κ1) is 18.7. The van der Waals surface area contributed by atoms with Crippen LogP contribution in [0.1, 0.15) is 65.2 Å². The maximum absolute atomic E-state index is 12.9. The van der Waals surface area contributed by atoms with Gasteiger partial charge in [-0.1, -0.05) is 37.8 Å². The standard InChI is InChI=1S/C21H30N2O3/c1-15(2)26-18-12-8-7-11-17(18)23-20(25)21(13-14-21)19(24)22-16-9-5-3-4-6-10-16/h7-8,11-12,15-16H,3-6,9-10,13-14H2,1-2H3,(H,22,24)(H,23,25). The molecule has 0 radical (unpaired) electrons. The summed E-state index contributed by atoms with van der Waals surface area (Å²) in [6.45, 7) is 3.89. The number of carbonyl (C=O) groups excluding carboxylic acids is 2. The lowest BCUT2D eigenvalue weighted by atomic mass is 10.0. The number of ether oxygens (including phenoxy) is 1. The summed E-state index contributed by atoms with van der Waals surface area (Å²) in [6, 6.07) is 7.59. The quantitative estimate of drug-likeness (QED) is 0.596. The van der Waals surface area contributed by atoms with Crippen molar-refractivity contribution in [2.24, 2.45) is 5.41 Å². The first-order valence-corrected chi connectivity index (χ1v) is 9.89. The molecule has 2 aliphatic carbocycles. The molecule has 26 heavy (non-hydrogen) atoms. The highest BCUT2D eigenvalue weighted by atomic mass is 16.5. The fourth-order valence-electron chi connectivity index (χ4n) is 3.60. The van der Waals surface area contributed by atoms with Crippen molar-refractivity contribution in [3.05, 3.63) is 24.3 Å². The first-order valence-electron chi connectivity index (χ1n) is 9.89. The highest BCUT2D eigenvalue weighted by Gasteiger charge is 2.56. The Labute approximate surface area is 155 Å². The van der Waals surface area contributed by atoms with E-state index in [0.717, 1.165) is 25.7 Å². The third-order valence-electron chi connectivity index (χ3n) is 5.31. The van der Waals surface area contributed by atoms with E-state index in [1.165, 1.54) is 12.8 Å². The summed E-state index contributed by atoms with van der Waals surface area (Å²) in [7, 11) is 0. The number of carbonyl (C=O) groups is 2. The summed E-state index contributed by atoms with van der Waals surface area (Å²) in [6.07, 6.45) is 8.09. The summed E-state index contributed by atoms with van der Waals surface area (Å²) in [5.41, 5.74) is -0.281. The Kier molecular flexibility index (Phi) is 5.84. The number of para-hydroxylation sites is 2. The topological polar surface area (TPSA) is 67.4 Å². The monoisotopic (exact) mass is 358 g/mol. The summed E-state index contributed by atoms with van der Waals surface area (Å²) in [5.74, 6) is 0.309. The van der Waals surface area contributed by atoms with Crippen molar-refractivity contribution < 1.29 is 14.3 Å². The lowest BCUT2D eigenvalue weighted by molar-refractivity contribution is -0.134. The normalized spacial score (nSPS) is 19.5. The van der Waals surface area contributed by atoms with Crippen LogP contribution in [0.25, 0.3) is 0 Å². The van der Waals surface area contributed by atoms with Crippen molar-refractivity contribution in [1.82, 2.24) is 5.32 Å². The number of hydrogen-bond donors (Lipinski definition) is 2. The molecule has 2 fully saturated rings. The molecule has 142 valence electrons. The zero-order valence-corrected chi connectivity index (χ0v) is 15.8. The smallest absolute Gasteiger partial charge is 0.240 e. The summed E-state index contributed by atoms with van der Waals surface area (Å²) < 4.78 is 5.76. The van der Waals surface area contributed by atoms with Crippen LogP contribution >= 0.6 is 0 Å². The van der Waals surface area contributed by atoms with Crippen molar-refractivity contribution in [2.75, 3.05) is 5.32 Å². The molecule has 5 heteroatoms. The Bertz CT molecular complexity index is 644. The molecule has 0 heterocycles. The summed E-state index contributed by atoms with van der Waals surface area (Å²) >= 11 is 0. The van der Waals surface area contributed by atoms with Gasteiger partial charge in [0.05, 0.1) is 11.8 Å².